The highest BCUT2D eigenvalue weighted by atomic mass is 35.5. The van der Waals surface area contributed by atoms with Crippen LogP contribution in [0.25, 0.3) is 0 Å². The van der Waals surface area contributed by atoms with E-state index in [2.05, 4.69) is 10.6 Å². The third-order valence-corrected chi connectivity index (χ3v) is 2.99. The molecule has 4 N–H and O–H groups in total. The summed E-state index contributed by atoms with van der Waals surface area (Å²) in [5.74, 6) is -0.367. The third kappa shape index (κ3) is 4.13. The lowest BCUT2D eigenvalue weighted by molar-refractivity contribution is -0.122. The Kier molecular flexibility index (Phi) is 5.63. The second-order valence-corrected chi connectivity index (χ2v) is 4.44. The van der Waals surface area contributed by atoms with Crippen molar-refractivity contribution in [1.29, 1.82) is 0 Å². The summed E-state index contributed by atoms with van der Waals surface area (Å²) in [5, 5.41) is 5.53. The van der Waals surface area contributed by atoms with Gasteiger partial charge in [0.1, 0.15) is 6.04 Å². The highest BCUT2D eigenvalue weighted by molar-refractivity contribution is 5.98. The molecule has 1 atom stereocenters. The van der Waals surface area contributed by atoms with Crippen LogP contribution in [0.15, 0.2) is 24.3 Å². The van der Waals surface area contributed by atoms with E-state index in [9.17, 15) is 9.59 Å². The molecule has 1 fully saturated rings. The number of amides is 2. The lowest BCUT2D eigenvalue weighted by Crippen LogP contribution is -2.45. The van der Waals surface area contributed by atoms with Crippen LogP contribution in [0, 0.1) is 0 Å². The first-order valence-electron chi connectivity index (χ1n) is 6.11. The van der Waals surface area contributed by atoms with E-state index in [0.29, 0.717) is 24.2 Å². The van der Waals surface area contributed by atoms with Crippen LogP contribution in [0.3, 0.4) is 0 Å². The van der Waals surface area contributed by atoms with E-state index in [0.717, 1.165) is 12.8 Å². The number of hydrogen-bond donors (Lipinski definition) is 3. The molecule has 1 aliphatic rings. The SMILES string of the molecule is Cl.Nc1cccc(C(=O)NC2CCCCNC2=O)c1. The van der Waals surface area contributed by atoms with Crippen LogP contribution >= 0.6 is 12.4 Å². The molecule has 1 aromatic carbocycles. The fourth-order valence-corrected chi connectivity index (χ4v) is 2.00. The topological polar surface area (TPSA) is 84.2 Å². The standard InChI is InChI=1S/C13H17N3O2.ClH/c14-10-5-3-4-9(8-10)12(17)16-11-6-1-2-7-15-13(11)18;/h3-5,8,11H,1-2,6-7,14H2,(H,15,18)(H,16,17);1H. The van der Waals surface area contributed by atoms with Gasteiger partial charge in [0.05, 0.1) is 0 Å². The van der Waals surface area contributed by atoms with Gasteiger partial charge in [-0.1, -0.05) is 6.07 Å². The fourth-order valence-electron chi connectivity index (χ4n) is 2.00. The van der Waals surface area contributed by atoms with Crippen molar-refractivity contribution in [2.75, 3.05) is 12.3 Å². The molecular weight excluding hydrogens is 266 g/mol. The Balaban J connectivity index is 0.00000180. The maximum Gasteiger partial charge on any atom is 0.252 e. The van der Waals surface area contributed by atoms with Crippen molar-refractivity contribution in [3.63, 3.8) is 0 Å². The third-order valence-electron chi connectivity index (χ3n) is 2.99. The monoisotopic (exact) mass is 283 g/mol. The first-order valence-corrected chi connectivity index (χ1v) is 6.11. The summed E-state index contributed by atoms with van der Waals surface area (Å²) < 4.78 is 0. The molecule has 0 aliphatic carbocycles. The molecule has 6 heteroatoms. The first kappa shape index (κ1) is 15.3. The van der Waals surface area contributed by atoms with Crippen molar-refractivity contribution in [3.05, 3.63) is 29.8 Å². The van der Waals surface area contributed by atoms with Crippen LogP contribution in [0.1, 0.15) is 29.6 Å². The number of hydrogen-bond acceptors (Lipinski definition) is 3. The minimum absolute atomic E-state index is 0. The number of benzene rings is 1. The van der Waals surface area contributed by atoms with Crippen molar-refractivity contribution in [2.45, 2.75) is 25.3 Å². The van der Waals surface area contributed by atoms with Crippen molar-refractivity contribution >= 4 is 29.9 Å². The van der Waals surface area contributed by atoms with Crippen LogP contribution in [-0.2, 0) is 4.79 Å². The average molecular weight is 284 g/mol. The first-order chi connectivity index (χ1) is 8.66. The van der Waals surface area contributed by atoms with E-state index in [4.69, 9.17) is 5.73 Å². The van der Waals surface area contributed by atoms with Crippen molar-refractivity contribution in [1.82, 2.24) is 10.6 Å². The average Bonchev–Trinajstić information content (AvgIpc) is 2.55. The molecule has 1 saturated heterocycles. The molecule has 0 spiro atoms. The van der Waals surface area contributed by atoms with E-state index >= 15 is 0 Å². The Morgan fingerprint density at radius 3 is 2.89 bits per heavy atom. The van der Waals surface area contributed by atoms with E-state index in [1.54, 1.807) is 24.3 Å². The molecular formula is C13H18ClN3O2. The van der Waals surface area contributed by atoms with Gasteiger partial charge in [0.25, 0.3) is 5.91 Å². The molecule has 1 unspecified atom stereocenters. The van der Waals surface area contributed by atoms with Crippen LogP contribution < -0.4 is 16.4 Å². The van der Waals surface area contributed by atoms with Crippen LogP contribution in [-0.4, -0.2) is 24.4 Å². The van der Waals surface area contributed by atoms with Gasteiger partial charge in [-0.2, -0.15) is 0 Å². The van der Waals surface area contributed by atoms with E-state index in [1.807, 2.05) is 0 Å². The number of nitrogens with two attached hydrogens (primary N) is 1. The minimum atomic E-state index is -0.443. The maximum absolute atomic E-state index is 12.0. The summed E-state index contributed by atoms with van der Waals surface area (Å²) in [6, 6.07) is 6.28. The summed E-state index contributed by atoms with van der Waals surface area (Å²) in [7, 11) is 0. The zero-order chi connectivity index (χ0) is 13.0. The van der Waals surface area contributed by atoms with Crippen molar-refractivity contribution in [3.8, 4) is 0 Å². The van der Waals surface area contributed by atoms with E-state index in [1.165, 1.54) is 0 Å². The zero-order valence-corrected chi connectivity index (χ0v) is 11.3. The van der Waals surface area contributed by atoms with E-state index in [-0.39, 0.29) is 24.2 Å². The van der Waals surface area contributed by atoms with Crippen LogP contribution in [0.5, 0.6) is 0 Å². The van der Waals surface area contributed by atoms with Gasteiger partial charge < -0.3 is 16.4 Å². The van der Waals surface area contributed by atoms with Gasteiger partial charge in [0.2, 0.25) is 5.91 Å². The maximum atomic E-state index is 12.0. The minimum Gasteiger partial charge on any atom is -0.399 e. The van der Waals surface area contributed by atoms with Gasteiger partial charge >= 0.3 is 0 Å². The molecule has 1 aromatic rings. The molecule has 104 valence electrons. The Hall–Kier alpha value is -1.75. The lowest BCUT2D eigenvalue weighted by Gasteiger charge is -2.15. The Labute approximate surface area is 118 Å². The molecule has 2 rings (SSSR count). The zero-order valence-electron chi connectivity index (χ0n) is 10.5. The molecule has 0 aromatic heterocycles. The molecule has 1 aliphatic heterocycles. The second-order valence-electron chi connectivity index (χ2n) is 4.44. The summed E-state index contributed by atoms with van der Waals surface area (Å²) in [4.78, 5) is 23.7. The predicted molar refractivity (Wildman–Crippen MR) is 76.2 cm³/mol. The Bertz CT molecular complexity index is 465. The quantitative estimate of drug-likeness (QED) is 0.711. The molecule has 5 nitrogen and oxygen atoms in total. The van der Waals surface area contributed by atoms with Gasteiger partial charge in [-0.25, -0.2) is 0 Å². The van der Waals surface area contributed by atoms with Crippen molar-refractivity contribution < 1.29 is 9.59 Å². The highest BCUT2D eigenvalue weighted by Gasteiger charge is 2.22. The smallest absolute Gasteiger partial charge is 0.252 e. The van der Waals surface area contributed by atoms with Crippen LogP contribution in [0.4, 0.5) is 5.69 Å². The predicted octanol–water partition coefficient (Wildman–Crippen LogP) is 1.09. The summed E-state index contributed by atoms with van der Waals surface area (Å²) in [5.41, 5.74) is 6.64. The molecule has 19 heavy (non-hydrogen) atoms. The van der Waals surface area contributed by atoms with Gasteiger partial charge in [-0.15, -0.1) is 12.4 Å². The van der Waals surface area contributed by atoms with E-state index < -0.39 is 6.04 Å². The molecule has 0 radical (unpaired) electrons. The summed E-state index contributed by atoms with van der Waals surface area (Å²) >= 11 is 0. The van der Waals surface area contributed by atoms with Gasteiger partial charge in [0, 0.05) is 17.8 Å². The summed E-state index contributed by atoms with van der Waals surface area (Å²) in [6.45, 7) is 0.684. The van der Waals surface area contributed by atoms with Crippen LogP contribution in [0.2, 0.25) is 0 Å². The second kappa shape index (κ2) is 6.99. The van der Waals surface area contributed by atoms with Gasteiger partial charge in [-0.3, -0.25) is 9.59 Å². The number of nitrogens with one attached hydrogen (secondary N) is 2. The fraction of sp³-hybridized carbons (Fsp3) is 0.385. The normalized spacial score (nSPS) is 18.7. The highest BCUT2D eigenvalue weighted by Crippen LogP contribution is 2.09. The summed E-state index contributed by atoms with van der Waals surface area (Å²) in [6.07, 6.45) is 2.57. The number of carbonyl (C=O) groups is 2. The lowest BCUT2D eigenvalue weighted by atomic mass is 10.1. The largest absolute Gasteiger partial charge is 0.399 e. The molecule has 2 amide bonds. The van der Waals surface area contributed by atoms with Gasteiger partial charge in [0.15, 0.2) is 0 Å². The molecule has 0 bridgehead atoms. The molecule has 1 heterocycles. The number of halogens is 1. The van der Waals surface area contributed by atoms with Gasteiger partial charge in [-0.05, 0) is 37.5 Å². The number of carbonyl (C=O) groups excluding carboxylic acids is 2. The molecule has 0 saturated carbocycles. The Morgan fingerprint density at radius 1 is 1.37 bits per heavy atom. The van der Waals surface area contributed by atoms with Crippen molar-refractivity contribution in [2.24, 2.45) is 0 Å². The number of nitrogen functional groups attached to an aromatic ring is 1. The number of anilines is 1. The number of rotatable bonds is 2. The Morgan fingerprint density at radius 2 is 2.16 bits per heavy atom.